The van der Waals surface area contributed by atoms with Crippen LogP contribution in [0.2, 0.25) is 0 Å². The first-order valence-corrected chi connectivity index (χ1v) is 6.52. The number of rotatable bonds is 3. The van der Waals surface area contributed by atoms with Crippen LogP contribution < -0.4 is 5.32 Å². The van der Waals surface area contributed by atoms with Crippen molar-refractivity contribution in [3.63, 3.8) is 0 Å². The summed E-state index contributed by atoms with van der Waals surface area (Å²) in [7, 11) is 0. The van der Waals surface area contributed by atoms with Crippen LogP contribution in [-0.2, 0) is 4.79 Å². The maximum atomic E-state index is 12.5. The average Bonchev–Trinajstić information content (AvgIpc) is 2.38. The summed E-state index contributed by atoms with van der Waals surface area (Å²) in [5.74, 6) is 0.346. The van der Waals surface area contributed by atoms with Crippen molar-refractivity contribution in [2.45, 2.75) is 45.1 Å². The van der Waals surface area contributed by atoms with Crippen molar-refractivity contribution in [2.24, 2.45) is 0 Å². The second-order valence-electron chi connectivity index (χ2n) is 5.12. The van der Waals surface area contributed by atoms with E-state index in [0.29, 0.717) is 12.3 Å². The molecule has 1 unspecified atom stereocenters. The predicted molar refractivity (Wildman–Crippen MR) is 70.6 cm³/mol. The molecule has 1 aromatic rings. The highest BCUT2D eigenvalue weighted by molar-refractivity contribution is 6.03. The van der Waals surface area contributed by atoms with E-state index < -0.39 is 0 Å². The van der Waals surface area contributed by atoms with Crippen molar-refractivity contribution in [2.75, 3.05) is 0 Å². The molecule has 18 heavy (non-hydrogen) atoms. The van der Waals surface area contributed by atoms with Crippen molar-refractivity contribution in [3.8, 4) is 0 Å². The number of carbonyl (C=O) groups excluding carboxylic acids is 2. The Kier molecular flexibility index (Phi) is 3.80. The Balaban J connectivity index is 2.25. The average molecular weight is 245 g/mol. The van der Waals surface area contributed by atoms with Crippen LogP contribution in [0.25, 0.3) is 0 Å². The quantitative estimate of drug-likeness (QED) is 0.832. The third-order valence-electron chi connectivity index (χ3n) is 3.40. The van der Waals surface area contributed by atoms with Crippen LogP contribution in [0.3, 0.4) is 0 Å². The lowest BCUT2D eigenvalue weighted by atomic mass is 9.89. The van der Waals surface area contributed by atoms with Gasteiger partial charge in [-0.1, -0.05) is 38.1 Å². The van der Waals surface area contributed by atoms with Crippen molar-refractivity contribution >= 4 is 11.7 Å². The molecule has 0 bridgehead atoms. The number of hydrogen-bond donors (Lipinski definition) is 1. The number of benzene rings is 1. The van der Waals surface area contributed by atoms with Crippen molar-refractivity contribution < 1.29 is 9.59 Å². The fraction of sp³-hybridized carbons (Fsp3) is 0.467. The van der Waals surface area contributed by atoms with Crippen LogP contribution in [0.5, 0.6) is 0 Å². The Morgan fingerprint density at radius 2 is 2.06 bits per heavy atom. The molecule has 1 saturated heterocycles. The number of hydrogen-bond acceptors (Lipinski definition) is 2. The van der Waals surface area contributed by atoms with Gasteiger partial charge in [0.05, 0.1) is 6.04 Å². The maximum Gasteiger partial charge on any atom is 0.220 e. The van der Waals surface area contributed by atoms with Crippen molar-refractivity contribution in [3.05, 3.63) is 35.4 Å². The SMILES string of the molecule is CC(C)c1ccccc1C(=O)C1CCCC(=O)N1. The zero-order valence-electron chi connectivity index (χ0n) is 10.9. The molecule has 1 heterocycles. The first kappa shape index (κ1) is 12.8. The van der Waals surface area contributed by atoms with Crippen LogP contribution in [0.4, 0.5) is 0 Å². The lowest BCUT2D eigenvalue weighted by Gasteiger charge is -2.23. The zero-order chi connectivity index (χ0) is 13.1. The van der Waals surface area contributed by atoms with Gasteiger partial charge in [0.1, 0.15) is 0 Å². The highest BCUT2D eigenvalue weighted by Gasteiger charge is 2.27. The lowest BCUT2D eigenvalue weighted by molar-refractivity contribution is -0.122. The number of ketones is 1. The van der Waals surface area contributed by atoms with E-state index in [0.717, 1.165) is 24.0 Å². The molecule has 3 heteroatoms. The van der Waals surface area contributed by atoms with Crippen LogP contribution in [-0.4, -0.2) is 17.7 Å². The molecule has 1 aromatic carbocycles. The summed E-state index contributed by atoms with van der Waals surface area (Å²) in [4.78, 5) is 23.8. The van der Waals surface area contributed by atoms with Gasteiger partial charge in [-0.3, -0.25) is 9.59 Å². The summed E-state index contributed by atoms with van der Waals surface area (Å²) < 4.78 is 0. The van der Waals surface area contributed by atoms with Gasteiger partial charge < -0.3 is 5.32 Å². The Morgan fingerprint density at radius 1 is 1.33 bits per heavy atom. The molecular formula is C15H19NO2. The third-order valence-corrected chi connectivity index (χ3v) is 3.40. The first-order chi connectivity index (χ1) is 8.59. The molecule has 1 amide bonds. The van der Waals surface area contributed by atoms with Gasteiger partial charge in [0, 0.05) is 12.0 Å². The number of Topliss-reactive ketones (excluding diaryl/α,β-unsaturated/α-hetero) is 1. The minimum Gasteiger partial charge on any atom is -0.346 e. The summed E-state index contributed by atoms with van der Waals surface area (Å²) >= 11 is 0. The number of carbonyl (C=O) groups is 2. The van der Waals surface area contributed by atoms with Crippen LogP contribution in [0, 0.1) is 0 Å². The summed E-state index contributed by atoms with van der Waals surface area (Å²) in [5, 5.41) is 2.79. The fourth-order valence-electron chi connectivity index (χ4n) is 2.41. The van der Waals surface area contributed by atoms with Gasteiger partial charge in [-0.25, -0.2) is 0 Å². The number of amides is 1. The standard InChI is InChI=1S/C15H19NO2/c1-10(2)11-6-3-4-7-12(11)15(18)13-8-5-9-14(17)16-13/h3-4,6-7,10,13H,5,8-9H2,1-2H3,(H,16,17). The molecule has 0 spiro atoms. The minimum absolute atomic E-state index is 0.0124. The number of nitrogens with one attached hydrogen (secondary N) is 1. The second-order valence-corrected chi connectivity index (χ2v) is 5.12. The summed E-state index contributed by atoms with van der Waals surface area (Å²) in [6.07, 6.45) is 2.08. The van der Waals surface area contributed by atoms with Gasteiger partial charge in [0.2, 0.25) is 5.91 Å². The normalized spacial score (nSPS) is 19.7. The molecular weight excluding hydrogens is 226 g/mol. The van der Waals surface area contributed by atoms with E-state index in [-0.39, 0.29) is 17.7 Å². The predicted octanol–water partition coefficient (Wildman–Crippen LogP) is 2.66. The molecule has 3 nitrogen and oxygen atoms in total. The molecule has 2 rings (SSSR count). The largest absolute Gasteiger partial charge is 0.346 e. The molecule has 1 aliphatic heterocycles. The van der Waals surface area contributed by atoms with E-state index in [2.05, 4.69) is 19.2 Å². The molecule has 1 aliphatic rings. The van der Waals surface area contributed by atoms with Gasteiger partial charge in [-0.15, -0.1) is 0 Å². The second kappa shape index (κ2) is 5.34. The fourth-order valence-corrected chi connectivity index (χ4v) is 2.41. The smallest absolute Gasteiger partial charge is 0.220 e. The van der Waals surface area contributed by atoms with Crippen LogP contribution in [0.15, 0.2) is 24.3 Å². The van der Waals surface area contributed by atoms with E-state index in [1.807, 2.05) is 24.3 Å². The summed E-state index contributed by atoms with van der Waals surface area (Å²) in [5.41, 5.74) is 1.81. The monoisotopic (exact) mass is 245 g/mol. The van der Waals surface area contributed by atoms with E-state index >= 15 is 0 Å². The van der Waals surface area contributed by atoms with Gasteiger partial charge in [0.15, 0.2) is 5.78 Å². The van der Waals surface area contributed by atoms with E-state index in [1.54, 1.807) is 0 Å². The van der Waals surface area contributed by atoms with Gasteiger partial charge in [0.25, 0.3) is 0 Å². The van der Waals surface area contributed by atoms with Gasteiger partial charge >= 0.3 is 0 Å². The van der Waals surface area contributed by atoms with Crippen molar-refractivity contribution in [1.29, 1.82) is 0 Å². The molecule has 0 aliphatic carbocycles. The maximum absolute atomic E-state index is 12.5. The Morgan fingerprint density at radius 3 is 2.72 bits per heavy atom. The molecule has 0 aromatic heterocycles. The Hall–Kier alpha value is -1.64. The number of piperidine rings is 1. The third kappa shape index (κ3) is 2.61. The van der Waals surface area contributed by atoms with Crippen LogP contribution in [0.1, 0.15) is 54.9 Å². The van der Waals surface area contributed by atoms with E-state index in [1.165, 1.54) is 0 Å². The Labute approximate surface area is 108 Å². The molecule has 1 fully saturated rings. The van der Waals surface area contributed by atoms with E-state index in [9.17, 15) is 9.59 Å². The minimum atomic E-state index is -0.342. The van der Waals surface area contributed by atoms with Crippen molar-refractivity contribution in [1.82, 2.24) is 5.32 Å². The van der Waals surface area contributed by atoms with Gasteiger partial charge in [-0.05, 0) is 24.3 Å². The molecule has 0 radical (unpaired) electrons. The molecule has 1 N–H and O–H groups in total. The summed E-state index contributed by atoms with van der Waals surface area (Å²) in [6, 6.07) is 7.34. The van der Waals surface area contributed by atoms with Gasteiger partial charge in [-0.2, -0.15) is 0 Å². The molecule has 0 saturated carbocycles. The van der Waals surface area contributed by atoms with Crippen LogP contribution >= 0.6 is 0 Å². The lowest BCUT2D eigenvalue weighted by Crippen LogP contribution is -2.44. The molecule has 1 atom stereocenters. The topological polar surface area (TPSA) is 46.2 Å². The first-order valence-electron chi connectivity index (χ1n) is 6.52. The van der Waals surface area contributed by atoms with E-state index in [4.69, 9.17) is 0 Å². The summed E-state index contributed by atoms with van der Waals surface area (Å²) in [6.45, 7) is 4.15. The zero-order valence-corrected chi connectivity index (χ0v) is 10.9. The molecule has 96 valence electrons. The Bertz CT molecular complexity index is 465. The highest BCUT2D eigenvalue weighted by atomic mass is 16.2. The highest BCUT2D eigenvalue weighted by Crippen LogP contribution is 2.22.